The maximum Gasteiger partial charge on any atom is 0.303 e. The minimum absolute atomic E-state index is 0.0279. The molecule has 1 fully saturated rings. The Kier molecular flexibility index (Phi) is 7.50. The van der Waals surface area contributed by atoms with Crippen LogP contribution < -0.4 is 19.9 Å². The number of nitrogens with two attached hydrogens (primary N) is 1. The van der Waals surface area contributed by atoms with Gasteiger partial charge in [-0.05, 0) is 17.7 Å². The molecule has 12 nitrogen and oxygen atoms in total. The van der Waals surface area contributed by atoms with E-state index in [9.17, 15) is 19.2 Å². The Balaban J connectivity index is 2.19. The van der Waals surface area contributed by atoms with Crippen LogP contribution in [0.5, 0.6) is 17.2 Å². The fourth-order valence-electron chi connectivity index (χ4n) is 4.30. The first kappa shape index (κ1) is 25.1. The zero-order chi connectivity index (χ0) is 25.2. The van der Waals surface area contributed by atoms with E-state index in [1.807, 2.05) is 0 Å². The molecule has 0 bridgehead atoms. The summed E-state index contributed by atoms with van der Waals surface area (Å²) in [6.45, 7) is 4.59. The Morgan fingerprint density at radius 3 is 1.82 bits per heavy atom. The molecule has 1 aliphatic carbocycles. The van der Waals surface area contributed by atoms with Crippen molar-refractivity contribution >= 4 is 23.9 Å². The van der Waals surface area contributed by atoms with Crippen molar-refractivity contribution in [2.24, 2.45) is 5.73 Å². The summed E-state index contributed by atoms with van der Waals surface area (Å²) in [4.78, 5) is 47.8. The van der Waals surface area contributed by atoms with Crippen LogP contribution in [0, 0.1) is 0 Å². The van der Waals surface area contributed by atoms with Crippen LogP contribution in [0.15, 0.2) is 12.1 Å². The summed E-state index contributed by atoms with van der Waals surface area (Å²) in [7, 11) is 1.44. The number of esters is 4. The van der Waals surface area contributed by atoms with E-state index in [-0.39, 0.29) is 6.79 Å². The van der Waals surface area contributed by atoms with Crippen molar-refractivity contribution in [3.05, 3.63) is 17.7 Å². The molecule has 3 rings (SSSR count). The van der Waals surface area contributed by atoms with E-state index >= 15 is 0 Å². The zero-order valence-electron chi connectivity index (χ0n) is 19.4. The molecule has 2 aliphatic rings. The van der Waals surface area contributed by atoms with E-state index in [1.54, 1.807) is 12.1 Å². The summed E-state index contributed by atoms with van der Waals surface area (Å²) in [6.07, 6.45) is -5.12. The molecule has 0 aromatic heterocycles. The molecule has 6 atom stereocenters. The van der Waals surface area contributed by atoms with Crippen molar-refractivity contribution in [3.63, 3.8) is 0 Å². The van der Waals surface area contributed by atoms with Crippen LogP contribution in [0.1, 0.15) is 39.2 Å². The van der Waals surface area contributed by atoms with Crippen molar-refractivity contribution < 1.29 is 52.3 Å². The fraction of sp³-hybridized carbons (Fsp3) is 0.545. The third-order valence-corrected chi connectivity index (χ3v) is 5.39. The molecule has 1 saturated carbocycles. The summed E-state index contributed by atoms with van der Waals surface area (Å²) >= 11 is 0. The molecule has 34 heavy (non-hydrogen) atoms. The van der Waals surface area contributed by atoms with Gasteiger partial charge in [-0.15, -0.1) is 0 Å². The third kappa shape index (κ3) is 5.16. The second kappa shape index (κ2) is 10.2. The number of fused-ring (bicyclic) bond motifs is 1. The lowest BCUT2D eigenvalue weighted by Crippen LogP contribution is -2.66. The smallest absolute Gasteiger partial charge is 0.303 e. The molecule has 1 aliphatic heterocycles. The van der Waals surface area contributed by atoms with Gasteiger partial charge in [-0.3, -0.25) is 19.2 Å². The number of carbonyl (C=O) groups is 4. The SMILES string of the molecule is COc1cc([C@@H]2[C@@H](N)[C@H](OC(C)=O)[C@H](OC(C)=O)[C@@H](OC(C)=O)[C@@H]2OC(C)=O)cc2c1OCO2. The topological polar surface area (TPSA) is 159 Å². The van der Waals surface area contributed by atoms with E-state index in [0.29, 0.717) is 22.8 Å². The van der Waals surface area contributed by atoms with Crippen molar-refractivity contribution in [1.29, 1.82) is 0 Å². The first-order chi connectivity index (χ1) is 16.0. The first-order valence-corrected chi connectivity index (χ1v) is 10.5. The molecule has 186 valence electrons. The Morgan fingerprint density at radius 1 is 0.794 bits per heavy atom. The van der Waals surface area contributed by atoms with Gasteiger partial charge in [0.25, 0.3) is 0 Å². The lowest BCUT2D eigenvalue weighted by molar-refractivity contribution is -0.215. The number of hydrogen-bond acceptors (Lipinski definition) is 12. The largest absolute Gasteiger partial charge is 0.493 e. The average molecular weight is 481 g/mol. The highest BCUT2D eigenvalue weighted by molar-refractivity contribution is 5.69. The highest BCUT2D eigenvalue weighted by Gasteiger charge is 2.57. The highest BCUT2D eigenvalue weighted by atomic mass is 16.7. The maximum atomic E-state index is 12.1. The Bertz CT molecular complexity index is 978. The molecule has 0 unspecified atom stereocenters. The van der Waals surface area contributed by atoms with E-state index in [0.717, 1.165) is 20.8 Å². The van der Waals surface area contributed by atoms with Crippen LogP contribution in [0.2, 0.25) is 0 Å². The van der Waals surface area contributed by atoms with Crippen LogP contribution >= 0.6 is 0 Å². The molecule has 1 aromatic rings. The van der Waals surface area contributed by atoms with Gasteiger partial charge in [-0.1, -0.05) is 0 Å². The summed E-state index contributed by atoms with van der Waals surface area (Å²) in [5.74, 6) is -2.70. The van der Waals surface area contributed by atoms with Crippen molar-refractivity contribution in [2.45, 2.75) is 64.1 Å². The van der Waals surface area contributed by atoms with Gasteiger partial charge in [0, 0.05) is 33.6 Å². The predicted octanol–water partition coefficient (Wildman–Crippen LogP) is 0.575. The molecule has 1 heterocycles. The maximum absolute atomic E-state index is 12.1. The molecule has 1 aromatic carbocycles. The van der Waals surface area contributed by atoms with Gasteiger partial charge in [0.15, 0.2) is 35.9 Å². The third-order valence-electron chi connectivity index (χ3n) is 5.39. The Labute approximate surface area is 195 Å². The number of carbonyl (C=O) groups excluding carboxylic acids is 4. The first-order valence-electron chi connectivity index (χ1n) is 10.5. The van der Waals surface area contributed by atoms with E-state index < -0.39 is 60.3 Å². The quantitative estimate of drug-likeness (QED) is 0.445. The van der Waals surface area contributed by atoms with Crippen LogP contribution in [-0.4, -0.2) is 68.2 Å². The van der Waals surface area contributed by atoms with E-state index in [2.05, 4.69) is 0 Å². The van der Waals surface area contributed by atoms with Crippen LogP contribution in [0.3, 0.4) is 0 Å². The average Bonchev–Trinajstić information content (AvgIpc) is 3.20. The van der Waals surface area contributed by atoms with Crippen molar-refractivity contribution in [2.75, 3.05) is 13.9 Å². The van der Waals surface area contributed by atoms with Gasteiger partial charge in [0.1, 0.15) is 0 Å². The van der Waals surface area contributed by atoms with Crippen LogP contribution in [0.4, 0.5) is 0 Å². The number of benzene rings is 1. The minimum atomic E-state index is -1.34. The molecule has 2 N–H and O–H groups in total. The predicted molar refractivity (Wildman–Crippen MR) is 112 cm³/mol. The number of ether oxygens (including phenoxy) is 7. The van der Waals surface area contributed by atoms with Crippen LogP contribution in [0.25, 0.3) is 0 Å². The van der Waals surface area contributed by atoms with Gasteiger partial charge in [-0.2, -0.15) is 0 Å². The molecule has 0 saturated heterocycles. The zero-order valence-corrected chi connectivity index (χ0v) is 19.4. The molecular weight excluding hydrogens is 454 g/mol. The molecule has 0 spiro atoms. The molecule has 0 radical (unpaired) electrons. The van der Waals surface area contributed by atoms with Crippen LogP contribution in [-0.2, 0) is 38.1 Å². The van der Waals surface area contributed by atoms with Gasteiger partial charge in [0.05, 0.1) is 13.2 Å². The lowest BCUT2D eigenvalue weighted by Gasteiger charge is -2.47. The van der Waals surface area contributed by atoms with E-state index in [4.69, 9.17) is 38.9 Å². The summed E-state index contributed by atoms with van der Waals surface area (Å²) in [6, 6.07) is 2.17. The minimum Gasteiger partial charge on any atom is -0.493 e. The number of rotatable bonds is 6. The fourth-order valence-corrected chi connectivity index (χ4v) is 4.30. The number of hydrogen-bond donors (Lipinski definition) is 1. The Hall–Kier alpha value is -3.54. The van der Waals surface area contributed by atoms with Crippen molar-refractivity contribution in [3.8, 4) is 17.2 Å². The summed E-state index contributed by atoms with van der Waals surface area (Å²) in [5, 5.41) is 0. The van der Waals surface area contributed by atoms with E-state index in [1.165, 1.54) is 14.0 Å². The highest BCUT2D eigenvalue weighted by Crippen LogP contribution is 2.47. The summed E-state index contributed by atoms with van der Waals surface area (Å²) < 4.78 is 38.1. The monoisotopic (exact) mass is 481 g/mol. The molecule has 12 heteroatoms. The summed E-state index contributed by atoms with van der Waals surface area (Å²) in [5.41, 5.74) is 7.02. The standard InChI is InChI=1S/C22H27NO11/c1-9(24)31-19-16(13-6-14(28-5)18-15(7-13)29-8-30-18)17(23)20(32-10(2)25)22(34-12(4)27)21(19)33-11(3)26/h6-7,16-17,19-22H,8,23H2,1-5H3/t16-,17-,19-,20+,21+,22+/m1/s1. The van der Waals surface area contributed by atoms with Gasteiger partial charge >= 0.3 is 23.9 Å². The second-order valence-corrected chi connectivity index (χ2v) is 7.86. The Morgan fingerprint density at radius 2 is 1.29 bits per heavy atom. The molecule has 0 amide bonds. The van der Waals surface area contributed by atoms with Gasteiger partial charge in [-0.25, -0.2) is 0 Å². The molecular formula is C22H27NO11. The normalized spacial score (nSPS) is 27.4. The second-order valence-electron chi connectivity index (χ2n) is 7.86. The lowest BCUT2D eigenvalue weighted by atomic mass is 9.73. The van der Waals surface area contributed by atoms with Crippen molar-refractivity contribution in [1.82, 2.24) is 0 Å². The number of methoxy groups -OCH3 is 1. The van der Waals surface area contributed by atoms with Gasteiger partial charge in [0.2, 0.25) is 12.5 Å². The van der Waals surface area contributed by atoms with Gasteiger partial charge < -0.3 is 38.9 Å².